The normalized spacial score (nSPS) is 15.9. The first-order valence-corrected chi connectivity index (χ1v) is 10.4. The fourth-order valence-corrected chi connectivity index (χ4v) is 4.13. The van der Waals surface area contributed by atoms with Crippen molar-refractivity contribution in [3.05, 3.63) is 59.1 Å². The van der Waals surface area contributed by atoms with Crippen molar-refractivity contribution in [1.29, 1.82) is 0 Å². The van der Waals surface area contributed by atoms with Crippen molar-refractivity contribution < 1.29 is 13.2 Å². The molecule has 6 nitrogen and oxygen atoms in total. The highest BCUT2D eigenvalue weighted by molar-refractivity contribution is 7.90. The smallest absolute Gasteiger partial charge is 0.286 e. The van der Waals surface area contributed by atoms with Gasteiger partial charge < -0.3 is 10.6 Å². The largest absolute Gasteiger partial charge is 0.352 e. The van der Waals surface area contributed by atoms with Gasteiger partial charge in [0.25, 0.3) is 10.0 Å². The lowest BCUT2D eigenvalue weighted by atomic mass is 10.0. The van der Waals surface area contributed by atoms with Crippen LogP contribution in [0.2, 0.25) is 5.02 Å². The molecule has 142 valence electrons. The zero-order chi connectivity index (χ0) is 19.4. The number of hydrogen-bond donors (Lipinski definition) is 2. The number of amides is 1. The molecule has 1 atom stereocenters. The van der Waals surface area contributed by atoms with E-state index >= 15 is 0 Å². The zero-order valence-electron chi connectivity index (χ0n) is 14.8. The minimum absolute atomic E-state index is 0.0677. The van der Waals surface area contributed by atoms with Gasteiger partial charge in [0.2, 0.25) is 5.91 Å². The summed E-state index contributed by atoms with van der Waals surface area (Å²) in [6, 6.07) is 13.9. The topological polar surface area (TPSA) is 87.6 Å². The number of carbonyl (C=O) groups excluding carboxylic acids is 1. The van der Waals surface area contributed by atoms with Crippen molar-refractivity contribution >= 4 is 39.1 Å². The summed E-state index contributed by atoms with van der Waals surface area (Å²) in [6.45, 7) is 2.31. The standard InChI is InChI=1S/C19H20ClN3O3S/c1-13(11-19(24)21-12-14-6-8-15(20)9-7-14)10-18-22-16-4-2-3-5-17(16)27(25,26)23-18/h2-9,13H,10-12H2,1H3,(H,21,24)(H,22,23). The molecule has 0 saturated heterocycles. The summed E-state index contributed by atoms with van der Waals surface area (Å²) in [4.78, 5) is 12.3. The number of carbonyl (C=O) groups is 1. The van der Waals surface area contributed by atoms with Gasteiger partial charge in [0.05, 0.1) is 5.69 Å². The number of halogens is 1. The van der Waals surface area contributed by atoms with Crippen LogP contribution in [0.15, 0.2) is 57.8 Å². The molecule has 3 rings (SSSR count). The summed E-state index contributed by atoms with van der Waals surface area (Å²) < 4.78 is 28.3. The molecule has 2 aromatic rings. The quantitative estimate of drug-likeness (QED) is 0.768. The maximum absolute atomic E-state index is 12.3. The molecule has 1 aliphatic heterocycles. The van der Waals surface area contributed by atoms with Crippen LogP contribution in [0.3, 0.4) is 0 Å². The van der Waals surface area contributed by atoms with Gasteiger partial charge in [0, 0.05) is 24.4 Å². The lowest BCUT2D eigenvalue weighted by molar-refractivity contribution is -0.122. The van der Waals surface area contributed by atoms with Gasteiger partial charge >= 0.3 is 0 Å². The molecule has 0 radical (unpaired) electrons. The highest BCUT2D eigenvalue weighted by Gasteiger charge is 2.25. The van der Waals surface area contributed by atoms with Crippen LogP contribution in [0.1, 0.15) is 25.3 Å². The summed E-state index contributed by atoms with van der Waals surface area (Å²) in [6.07, 6.45) is 0.637. The molecule has 1 amide bonds. The van der Waals surface area contributed by atoms with E-state index in [0.717, 1.165) is 5.56 Å². The maximum Gasteiger partial charge on any atom is 0.286 e. The fourth-order valence-electron chi connectivity index (χ4n) is 2.85. The van der Waals surface area contributed by atoms with Gasteiger partial charge in [-0.2, -0.15) is 8.42 Å². The molecule has 2 N–H and O–H groups in total. The van der Waals surface area contributed by atoms with Gasteiger partial charge in [-0.25, -0.2) is 0 Å². The second kappa shape index (κ2) is 8.10. The van der Waals surface area contributed by atoms with E-state index < -0.39 is 10.0 Å². The van der Waals surface area contributed by atoms with E-state index in [2.05, 4.69) is 15.0 Å². The molecule has 27 heavy (non-hydrogen) atoms. The third-order valence-electron chi connectivity index (χ3n) is 4.15. The first-order chi connectivity index (χ1) is 12.8. The van der Waals surface area contributed by atoms with Crippen molar-refractivity contribution in [1.82, 2.24) is 5.32 Å². The van der Waals surface area contributed by atoms with Crippen LogP contribution in [0.4, 0.5) is 5.69 Å². The number of hydrogen-bond acceptors (Lipinski definition) is 4. The number of sulfonamides is 1. The first kappa shape index (κ1) is 19.4. The summed E-state index contributed by atoms with van der Waals surface area (Å²) in [7, 11) is -3.70. The third kappa shape index (κ3) is 5.08. The van der Waals surface area contributed by atoms with Crippen molar-refractivity contribution in [2.24, 2.45) is 10.3 Å². The molecule has 0 bridgehead atoms. The van der Waals surface area contributed by atoms with Crippen LogP contribution in [0, 0.1) is 5.92 Å². The van der Waals surface area contributed by atoms with Crippen LogP contribution in [-0.4, -0.2) is 20.2 Å². The van der Waals surface area contributed by atoms with Crippen molar-refractivity contribution in [3.8, 4) is 0 Å². The molecule has 2 aromatic carbocycles. The number of nitrogens with one attached hydrogen (secondary N) is 2. The molecule has 1 aliphatic rings. The van der Waals surface area contributed by atoms with Crippen LogP contribution in [0.25, 0.3) is 0 Å². The fraction of sp³-hybridized carbons (Fsp3) is 0.263. The van der Waals surface area contributed by atoms with E-state index in [4.69, 9.17) is 11.6 Å². The number of anilines is 1. The Bertz CT molecular complexity index is 972. The van der Waals surface area contributed by atoms with Crippen LogP contribution in [-0.2, 0) is 21.4 Å². The van der Waals surface area contributed by atoms with Crippen molar-refractivity contribution in [2.75, 3.05) is 5.32 Å². The molecule has 0 saturated carbocycles. The third-order valence-corrected chi connectivity index (χ3v) is 5.78. The lowest BCUT2D eigenvalue weighted by Gasteiger charge is -2.20. The Labute approximate surface area is 163 Å². The minimum Gasteiger partial charge on any atom is -0.352 e. The van der Waals surface area contributed by atoms with Crippen LogP contribution in [0.5, 0.6) is 0 Å². The van der Waals surface area contributed by atoms with Gasteiger partial charge in [-0.15, -0.1) is 4.40 Å². The molecule has 0 fully saturated rings. The van der Waals surface area contributed by atoms with Gasteiger partial charge in [0.15, 0.2) is 0 Å². The first-order valence-electron chi connectivity index (χ1n) is 8.54. The number of benzene rings is 2. The SMILES string of the molecule is CC(CC(=O)NCc1ccc(Cl)cc1)CC1=NS(=O)(=O)c2ccccc2N1. The van der Waals surface area contributed by atoms with Gasteiger partial charge in [-0.05, 0) is 35.7 Å². The molecule has 0 aromatic heterocycles. The van der Waals surface area contributed by atoms with E-state index in [1.165, 1.54) is 6.07 Å². The van der Waals surface area contributed by atoms with Crippen LogP contribution < -0.4 is 10.6 Å². The highest BCUT2D eigenvalue weighted by atomic mass is 35.5. The van der Waals surface area contributed by atoms with Crippen molar-refractivity contribution in [3.63, 3.8) is 0 Å². The van der Waals surface area contributed by atoms with Gasteiger partial charge in [-0.1, -0.05) is 42.8 Å². The van der Waals surface area contributed by atoms with E-state index in [9.17, 15) is 13.2 Å². The zero-order valence-corrected chi connectivity index (χ0v) is 16.3. The van der Waals surface area contributed by atoms with Gasteiger partial charge in [-0.3, -0.25) is 4.79 Å². The van der Waals surface area contributed by atoms with E-state index in [1.807, 2.05) is 19.1 Å². The average Bonchev–Trinajstić information content (AvgIpc) is 2.60. The minimum atomic E-state index is -3.70. The Hall–Kier alpha value is -2.38. The van der Waals surface area contributed by atoms with E-state index in [-0.39, 0.29) is 23.1 Å². The summed E-state index contributed by atoms with van der Waals surface area (Å²) in [5, 5.41) is 6.55. The molecular weight excluding hydrogens is 386 g/mol. The molecule has 8 heteroatoms. The number of para-hydroxylation sites is 1. The second-order valence-electron chi connectivity index (χ2n) is 6.55. The number of rotatable bonds is 6. The Morgan fingerprint density at radius 3 is 2.63 bits per heavy atom. The molecule has 1 heterocycles. The number of fused-ring (bicyclic) bond motifs is 1. The summed E-state index contributed by atoms with van der Waals surface area (Å²) in [5.74, 6) is 0.186. The Morgan fingerprint density at radius 2 is 1.89 bits per heavy atom. The Kier molecular flexibility index (Phi) is 5.82. The number of amidine groups is 1. The number of nitrogens with zero attached hydrogens (tertiary/aromatic N) is 1. The molecule has 0 spiro atoms. The van der Waals surface area contributed by atoms with E-state index in [0.29, 0.717) is 29.5 Å². The van der Waals surface area contributed by atoms with Gasteiger partial charge in [0.1, 0.15) is 10.7 Å². The van der Waals surface area contributed by atoms with Crippen molar-refractivity contribution in [2.45, 2.75) is 31.2 Å². The Balaban J connectivity index is 1.55. The van der Waals surface area contributed by atoms with E-state index in [1.54, 1.807) is 30.3 Å². The lowest BCUT2D eigenvalue weighted by Crippen LogP contribution is -2.27. The predicted molar refractivity (Wildman–Crippen MR) is 106 cm³/mol. The second-order valence-corrected chi connectivity index (χ2v) is 8.56. The summed E-state index contributed by atoms with van der Waals surface area (Å²) in [5.41, 5.74) is 1.48. The predicted octanol–water partition coefficient (Wildman–Crippen LogP) is 3.59. The average molecular weight is 406 g/mol. The maximum atomic E-state index is 12.3. The Morgan fingerprint density at radius 1 is 1.19 bits per heavy atom. The molecular formula is C19H20ClN3O3S. The summed E-state index contributed by atoms with van der Waals surface area (Å²) >= 11 is 5.84. The molecule has 1 unspecified atom stereocenters. The monoisotopic (exact) mass is 405 g/mol. The molecule has 0 aliphatic carbocycles. The van der Waals surface area contributed by atoms with Crippen LogP contribution >= 0.6 is 11.6 Å². The highest BCUT2D eigenvalue weighted by Crippen LogP contribution is 2.28.